The molecule has 1 N–H and O–H groups in total. The van der Waals surface area contributed by atoms with Crippen LogP contribution in [0, 0.1) is 20.2 Å². The minimum atomic E-state index is -0.773. The molecule has 20 heavy (non-hydrogen) atoms. The van der Waals surface area contributed by atoms with Crippen LogP contribution in [0.1, 0.15) is 0 Å². The van der Waals surface area contributed by atoms with Gasteiger partial charge in [0.25, 0.3) is 5.69 Å². The number of hydrogen-bond donors (Lipinski definition) is 1. The van der Waals surface area contributed by atoms with Crippen molar-refractivity contribution in [2.75, 3.05) is 0 Å². The first-order valence-corrected chi connectivity index (χ1v) is 5.37. The number of rotatable bonds is 4. The van der Waals surface area contributed by atoms with E-state index in [1.54, 1.807) is 0 Å². The summed E-state index contributed by atoms with van der Waals surface area (Å²) in [4.78, 5) is 20.0. The predicted molar refractivity (Wildman–Crippen MR) is 67.9 cm³/mol. The Morgan fingerprint density at radius 2 is 1.75 bits per heavy atom. The third-order valence-electron chi connectivity index (χ3n) is 2.40. The highest BCUT2D eigenvalue weighted by Gasteiger charge is 2.21. The predicted octanol–water partition coefficient (Wildman–Crippen LogP) is 3.00. The average molecular weight is 276 g/mol. The molecule has 8 heteroatoms. The van der Waals surface area contributed by atoms with E-state index < -0.39 is 21.2 Å². The third-order valence-corrected chi connectivity index (χ3v) is 2.40. The molecule has 0 atom stereocenters. The molecule has 0 radical (unpaired) electrons. The van der Waals surface area contributed by atoms with Gasteiger partial charge in [0.1, 0.15) is 11.5 Å². The fourth-order valence-electron chi connectivity index (χ4n) is 1.52. The first-order valence-electron chi connectivity index (χ1n) is 5.37. The minimum absolute atomic E-state index is 0.0629. The highest BCUT2D eigenvalue weighted by atomic mass is 16.6. The number of non-ortho nitro benzene ring substituents is 1. The molecule has 0 unspecified atom stereocenters. The summed E-state index contributed by atoms with van der Waals surface area (Å²) in [6.45, 7) is 0. The van der Waals surface area contributed by atoms with E-state index in [0.29, 0.717) is 0 Å². The molecule has 0 aromatic heterocycles. The number of phenolic OH excluding ortho intramolecular Hbond substituents is 1. The first-order chi connectivity index (χ1) is 9.47. The highest BCUT2D eigenvalue weighted by molar-refractivity contribution is 5.55. The van der Waals surface area contributed by atoms with E-state index in [-0.39, 0.29) is 17.2 Å². The van der Waals surface area contributed by atoms with Gasteiger partial charge in [0, 0.05) is 12.1 Å². The van der Waals surface area contributed by atoms with Crippen molar-refractivity contribution in [2.24, 2.45) is 0 Å². The maximum absolute atomic E-state index is 10.9. The zero-order valence-electron chi connectivity index (χ0n) is 9.92. The van der Waals surface area contributed by atoms with E-state index >= 15 is 0 Å². The standard InChI is InChI=1S/C12H8N2O6/c15-9-2-1-3-10(7-9)20-12-5-4-8(13(16)17)6-11(12)14(18)19/h1-7,15H. The summed E-state index contributed by atoms with van der Waals surface area (Å²) in [5.41, 5.74) is -0.928. The van der Waals surface area contributed by atoms with Crippen molar-refractivity contribution in [1.82, 2.24) is 0 Å². The molecular formula is C12H8N2O6. The molecule has 0 aliphatic rings. The molecule has 0 fully saturated rings. The van der Waals surface area contributed by atoms with Gasteiger partial charge in [0.2, 0.25) is 5.75 Å². The van der Waals surface area contributed by atoms with Crippen LogP contribution in [0.15, 0.2) is 42.5 Å². The van der Waals surface area contributed by atoms with Crippen LogP contribution in [0.2, 0.25) is 0 Å². The lowest BCUT2D eigenvalue weighted by atomic mass is 10.2. The maximum Gasteiger partial charge on any atom is 0.318 e. The van der Waals surface area contributed by atoms with Gasteiger partial charge in [0.15, 0.2) is 0 Å². The van der Waals surface area contributed by atoms with Crippen LogP contribution in [-0.4, -0.2) is 15.0 Å². The largest absolute Gasteiger partial charge is 0.508 e. The number of nitrogens with zero attached hydrogens (tertiary/aromatic N) is 2. The number of nitro benzene ring substituents is 2. The number of nitro groups is 2. The van der Waals surface area contributed by atoms with Crippen LogP contribution < -0.4 is 4.74 Å². The Bertz CT molecular complexity index is 685. The van der Waals surface area contributed by atoms with Gasteiger partial charge in [-0.05, 0) is 18.2 Å². The van der Waals surface area contributed by atoms with Crippen molar-refractivity contribution in [2.45, 2.75) is 0 Å². The lowest BCUT2D eigenvalue weighted by molar-refractivity contribution is -0.394. The van der Waals surface area contributed by atoms with Gasteiger partial charge in [-0.15, -0.1) is 0 Å². The quantitative estimate of drug-likeness (QED) is 0.677. The molecule has 8 nitrogen and oxygen atoms in total. The normalized spacial score (nSPS) is 10.0. The Morgan fingerprint density at radius 1 is 1.00 bits per heavy atom. The van der Waals surface area contributed by atoms with Crippen LogP contribution in [0.5, 0.6) is 17.2 Å². The van der Waals surface area contributed by atoms with Crippen molar-refractivity contribution in [3.05, 3.63) is 62.7 Å². The van der Waals surface area contributed by atoms with E-state index in [9.17, 15) is 25.3 Å². The lowest BCUT2D eigenvalue weighted by Gasteiger charge is -2.06. The topological polar surface area (TPSA) is 116 Å². The zero-order chi connectivity index (χ0) is 14.7. The van der Waals surface area contributed by atoms with Gasteiger partial charge in [-0.3, -0.25) is 20.2 Å². The van der Waals surface area contributed by atoms with Crippen LogP contribution in [0.4, 0.5) is 11.4 Å². The summed E-state index contributed by atoms with van der Waals surface area (Å²) in [7, 11) is 0. The smallest absolute Gasteiger partial charge is 0.318 e. The summed E-state index contributed by atoms with van der Waals surface area (Å²) in [6.07, 6.45) is 0. The van der Waals surface area contributed by atoms with Gasteiger partial charge in [-0.2, -0.15) is 0 Å². The van der Waals surface area contributed by atoms with Crippen LogP contribution in [0.25, 0.3) is 0 Å². The lowest BCUT2D eigenvalue weighted by Crippen LogP contribution is -1.96. The van der Waals surface area contributed by atoms with E-state index in [1.165, 1.54) is 24.3 Å². The van der Waals surface area contributed by atoms with Gasteiger partial charge in [-0.1, -0.05) is 6.07 Å². The molecule has 0 aliphatic carbocycles. The molecule has 0 saturated carbocycles. The highest BCUT2D eigenvalue weighted by Crippen LogP contribution is 2.34. The van der Waals surface area contributed by atoms with Gasteiger partial charge >= 0.3 is 5.69 Å². The van der Waals surface area contributed by atoms with Crippen molar-refractivity contribution in [1.29, 1.82) is 0 Å². The first kappa shape index (κ1) is 13.3. The fourth-order valence-corrected chi connectivity index (χ4v) is 1.52. The minimum Gasteiger partial charge on any atom is -0.508 e. The van der Waals surface area contributed by atoms with Gasteiger partial charge in [-0.25, -0.2) is 0 Å². The SMILES string of the molecule is O=[N+]([O-])c1ccc(Oc2cccc(O)c2)c([N+](=O)[O-])c1. The Balaban J connectivity index is 2.41. The van der Waals surface area contributed by atoms with Crippen LogP contribution >= 0.6 is 0 Å². The Hall–Kier alpha value is -3.16. The molecule has 2 aromatic rings. The summed E-state index contributed by atoms with van der Waals surface area (Å²) in [5.74, 6) is -0.0276. The van der Waals surface area contributed by atoms with Crippen molar-refractivity contribution < 1.29 is 19.7 Å². The number of ether oxygens (including phenoxy) is 1. The molecule has 102 valence electrons. The van der Waals surface area contributed by atoms with E-state index in [2.05, 4.69) is 0 Å². The Labute approximate surface area is 112 Å². The van der Waals surface area contributed by atoms with E-state index in [0.717, 1.165) is 18.2 Å². The number of benzene rings is 2. The van der Waals surface area contributed by atoms with Gasteiger partial charge in [0.05, 0.1) is 15.9 Å². The van der Waals surface area contributed by atoms with Crippen molar-refractivity contribution in [3.63, 3.8) is 0 Å². The maximum atomic E-state index is 10.9. The summed E-state index contributed by atoms with van der Waals surface area (Å²) < 4.78 is 5.26. The second-order valence-corrected chi connectivity index (χ2v) is 3.77. The second-order valence-electron chi connectivity index (χ2n) is 3.77. The Kier molecular flexibility index (Phi) is 3.47. The number of hydrogen-bond acceptors (Lipinski definition) is 6. The summed E-state index contributed by atoms with van der Waals surface area (Å²) in [6, 6.07) is 8.73. The van der Waals surface area contributed by atoms with Crippen molar-refractivity contribution in [3.8, 4) is 17.2 Å². The molecule has 0 bridgehead atoms. The molecule has 0 aliphatic heterocycles. The molecule has 0 amide bonds. The molecular weight excluding hydrogens is 268 g/mol. The van der Waals surface area contributed by atoms with Crippen LogP contribution in [-0.2, 0) is 0 Å². The van der Waals surface area contributed by atoms with Crippen LogP contribution in [0.3, 0.4) is 0 Å². The van der Waals surface area contributed by atoms with Crippen molar-refractivity contribution >= 4 is 11.4 Å². The summed E-state index contributed by atoms with van der Waals surface area (Å²) >= 11 is 0. The third kappa shape index (κ3) is 2.80. The monoisotopic (exact) mass is 276 g/mol. The fraction of sp³-hybridized carbons (Fsp3) is 0. The second kappa shape index (κ2) is 5.22. The van der Waals surface area contributed by atoms with Gasteiger partial charge < -0.3 is 9.84 Å². The zero-order valence-corrected chi connectivity index (χ0v) is 9.92. The molecule has 2 aromatic carbocycles. The molecule has 0 spiro atoms. The average Bonchev–Trinajstić information content (AvgIpc) is 2.38. The summed E-state index contributed by atoms with van der Waals surface area (Å²) in [5, 5.41) is 30.8. The van der Waals surface area contributed by atoms with E-state index in [1.807, 2.05) is 0 Å². The number of aromatic hydroxyl groups is 1. The van der Waals surface area contributed by atoms with E-state index in [4.69, 9.17) is 4.74 Å². The number of phenols is 1. The molecule has 0 saturated heterocycles. The molecule has 0 heterocycles. The Morgan fingerprint density at radius 3 is 2.35 bits per heavy atom. The molecule has 2 rings (SSSR count).